The maximum Gasteiger partial charge on any atom is 0.325 e. The Hall–Kier alpha value is -2.89. The molecule has 6 nitrogen and oxygen atoms in total. The van der Waals surface area contributed by atoms with Crippen molar-refractivity contribution in [1.29, 1.82) is 0 Å². The molecule has 0 fully saturated rings. The van der Waals surface area contributed by atoms with Crippen molar-refractivity contribution in [1.82, 2.24) is 14.8 Å². The van der Waals surface area contributed by atoms with Crippen LogP contribution < -0.4 is 4.74 Å². The van der Waals surface area contributed by atoms with Gasteiger partial charge in [0.15, 0.2) is 0 Å². The summed E-state index contributed by atoms with van der Waals surface area (Å²) in [5, 5.41) is 13.8. The third kappa shape index (κ3) is 2.55. The molecule has 6 heteroatoms. The quantitative estimate of drug-likeness (QED) is 0.794. The number of ether oxygens (including phenoxy) is 1. The fourth-order valence-electron chi connectivity index (χ4n) is 2.19. The van der Waals surface area contributed by atoms with E-state index in [2.05, 4.69) is 10.1 Å². The molecule has 1 aromatic carbocycles. The van der Waals surface area contributed by atoms with E-state index in [4.69, 9.17) is 9.84 Å². The molecule has 0 amide bonds. The lowest BCUT2D eigenvalue weighted by atomic mass is 10.1. The molecule has 0 aliphatic heterocycles. The number of carbonyl (C=O) groups is 1. The number of pyridine rings is 1. The lowest BCUT2D eigenvalue weighted by Gasteiger charge is -2.07. The van der Waals surface area contributed by atoms with Gasteiger partial charge in [-0.25, -0.2) is 4.98 Å². The third-order valence-corrected chi connectivity index (χ3v) is 3.12. The molecule has 0 bridgehead atoms. The second-order valence-corrected chi connectivity index (χ2v) is 4.56. The van der Waals surface area contributed by atoms with Gasteiger partial charge in [-0.05, 0) is 12.1 Å². The SMILES string of the molecule is COc1nc2ccccc2cc1-c1cnn(CC(=O)O)c1. The predicted molar refractivity (Wildman–Crippen MR) is 77.2 cm³/mol. The lowest BCUT2D eigenvalue weighted by Crippen LogP contribution is -2.08. The Morgan fingerprint density at radius 3 is 2.95 bits per heavy atom. The summed E-state index contributed by atoms with van der Waals surface area (Å²) < 4.78 is 6.70. The number of hydrogen-bond acceptors (Lipinski definition) is 4. The molecule has 0 saturated heterocycles. The van der Waals surface area contributed by atoms with E-state index >= 15 is 0 Å². The first-order valence-corrected chi connectivity index (χ1v) is 6.36. The van der Waals surface area contributed by atoms with Crippen molar-refractivity contribution < 1.29 is 14.6 Å². The van der Waals surface area contributed by atoms with Crippen LogP contribution in [0.5, 0.6) is 5.88 Å². The van der Waals surface area contributed by atoms with Crippen molar-refractivity contribution in [3.8, 4) is 17.0 Å². The van der Waals surface area contributed by atoms with Crippen molar-refractivity contribution in [2.75, 3.05) is 7.11 Å². The standard InChI is InChI=1S/C15H13N3O3/c1-21-15-12(6-10-4-2-3-5-13(10)17-15)11-7-16-18(8-11)9-14(19)20/h2-8H,9H2,1H3,(H,19,20). The summed E-state index contributed by atoms with van der Waals surface area (Å²) in [7, 11) is 1.56. The minimum Gasteiger partial charge on any atom is -0.481 e. The maximum atomic E-state index is 10.7. The van der Waals surface area contributed by atoms with Crippen LogP contribution in [0.15, 0.2) is 42.7 Å². The molecule has 1 N–H and O–H groups in total. The summed E-state index contributed by atoms with van der Waals surface area (Å²) in [4.78, 5) is 15.2. The van der Waals surface area contributed by atoms with Crippen molar-refractivity contribution in [2.45, 2.75) is 6.54 Å². The van der Waals surface area contributed by atoms with Gasteiger partial charge < -0.3 is 9.84 Å². The Labute approximate surface area is 120 Å². The lowest BCUT2D eigenvalue weighted by molar-refractivity contribution is -0.137. The molecule has 3 rings (SSSR count). The molecule has 0 radical (unpaired) electrons. The second-order valence-electron chi connectivity index (χ2n) is 4.56. The van der Waals surface area contributed by atoms with E-state index in [0.717, 1.165) is 22.0 Å². The number of rotatable bonds is 4. The minimum atomic E-state index is -0.937. The fraction of sp³-hybridized carbons (Fsp3) is 0.133. The summed E-state index contributed by atoms with van der Waals surface area (Å²) in [6.45, 7) is -0.177. The number of hydrogen-bond donors (Lipinski definition) is 1. The first-order valence-electron chi connectivity index (χ1n) is 6.36. The minimum absolute atomic E-state index is 0.177. The van der Waals surface area contributed by atoms with Gasteiger partial charge in [-0.3, -0.25) is 9.48 Å². The highest BCUT2D eigenvalue weighted by molar-refractivity contribution is 5.86. The van der Waals surface area contributed by atoms with Gasteiger partial charge in [0.05, 0.1) is 18.8 Å². The molecule has 0 aliphatic carbocycles. The van der Waals surface area contributed by atoms with E-state index in [1.165, 1.54) is 4.68 Å². The van der Waals surface area contributed by atoms with E-state index in [0.29, 0.717) is 5.88 Å². The first-order chi connectivity index (χ1) is 10.2. The molecule has 0 atom stereocenters. The van der Waals surface area contributed by atoms with E-state index in [-0.39, 0.29) is 6.54 Å². The number of aliphatic carboxylic acids is 1. The van der Waals surface area contributed by atoms with Gasteiger partial charge in [-0.15, -0.1) is 0 Å². The highest BCUT2D eigenvalue weighted by atomic mass is 16.5. The van der Waals surface area contributed by atoms with E-state index in [9.17, 15) is 4.79 Å². The highest BCUT2D eigenvalue weighted by Gasteiger charge is 2.12. The van der Waals surface area contributed by atoms with Crippen LogP contribution in [-0.4, -0.2) is 33.0 Å². The summed E-state index contributed by atoms with van der Waals surface area (Å²) in [6, 6.07) is 9.69. The average molecular weight is 283 g/mol. The Balaban J connectivity index is 2.09. The zero-order valence-electron chi connectivity index (χ0n) is 11.4. The van der Waals surface area contributed by atoms with Gasteiger partial charge in [0.2, 0.25) is 5.88 Å². The number of methoxy groups -OCH3 is 1. The predicted octanol–water partition coefficient (Wildman–Crippen LogP) is 2.19. The van der Waals surface area contributed by atoms with Crippen molar-refractivity contribution in [3.63, 3.8) is 0 Å². The smallest absolute Gasteiger partial charge is 0.325 e. The van der Waals surface area contributed by atoms with Gasteiger partial charge in [0, 0.05) is 22.7 Å². The number of benzene rings is 1. The first kappa shape index (κ1) is 13.1. The Bertz CT molecular complexity index is 811. The molecule has 3 aromatic rings. The van der Waals surface area contributed by atoms with Crippen LogP contribution in [-0.2, 0) is 11.3 Å². The monoisotopic (exact) mass is 283 g/mol. The van der Waals surface area contributed by atoms with Gasteiger partial charge in [-0.1, -0.05) is 18.2 Å². The molecule has 0 aliphatic rings. The molecular weight excluding hydrogens is 270 g/mol. The second kappa shape index (κ2) is 5.24. The van der Waals surface area contributed by atoms with Crippen LogP contribution in [0.25, 0.3) is 22.0 Å². The fourth-order valence-corrected chi connectivity index (χ4v) is 2.19. The molecule has 0 saturated carbocycles. The van der Waals surface area contributed by atoms with Crippen LogP contribution in [0, 0.1) is 0 Å². The van der Waals surface area contributed by atoms with Crippen LogP contribution in [0.2, 0.25) is 0 Å². The molecule has 106 valence electrons. The number of nitrogens with zero attached hydrogens (tertiary/aromatic N) is 3. The van der Waals surface area contributed by atoms with Crippen molar-refractivity contribution >= 4 is 16.9 Å². The average Bonchev–Trinajstić information content (AvgIpc) is 2.93. The molecule has 0 spiro atoms. The van der Waals surface area contributed by atoms with Crippen molar-refractivity contribution in [3.05, 3.63) is 42.7 Å². The molecular formula is C15H13N3O3. The number of fused-ring (bicyclic) bond motifs is 1. The summed E-state index contributed by atoms with van der Waals surface area (Å²) in [6.07, 6.45) is 3.28. The van der Waals surface area contributed by atoms with Gasteiger partial charge in [0.1, 0.15) is 6.54 Å². The third-order valence-electron chi connectivity index (χ3n) is 3.12. The van der Waals surface area contributed by atoms with Crippen molar-refractivity contribution in [2.24, 2.45) is 0 Å². The number of carboxylic acids is 1. The highest BCUT2D eigenvalue weighted by Crippen LogP contribution is 2.31. The van der Waals surface area contributed by atoms with Crippen LogP contribution in [0.4, 0.5) is 0 Å². The summed E-state index contributed by atoms with van der Waals surface area (Å²) in [5.74, 6) is -0.447. The number of aromatic nitrogens is 3. The van der Waals surface area contributed by atoms with E-state index < -0.39 is 5.97 Å². The Kier molecular flexibility index (Phi) is 3.27. The molecule has 0 unspecified atom stereocenters. The van der Waals surface area contributed by atoms with Crippen LogP contribution >= 0.6 is 0 Å². The topological polar surface area (TPSA) is 77.2 Å². The Morgan fingerprint density at radius 1 is 1.38 bits per heavy atom. The van der Waals surface area contributed by atoms with E-state index in [1.807, 2.05) is 30.3 Å². The van der Waals surface area contributed by atoms with Gasteiger partial charge in [-0.2, -0.15) is 5.10 Å². The zero-order valence-corrected chi connectivity index (χ0v) is 11.4. The Morgan fingerprint density at radius 2 is 2.19 bits per heavy atom. The van der Waals surface area contributed by atoms with Gasteiger partial charge >= 0.3 is 5.97 Å². The summed E-state index contributed by atoms with van der Waals surface area (Å²) >= 11 is 0. The zero-order chi connectivity index (χ0) is 14.8. The molecule has 21 heavy (non-hydrogen) atoms. The summed E-state index contributed by atoms with van der Waals surface area (Å²) in [5.41, 5.74) is 2.40. The molecule has 2 aromatic heterocycles. The van der Waals surface area contributed by atoms with Gasteiger partial charge in [0.25, 0.3) is 0 Å². The number of para-hydroxylation sites is 1. The van der Waals surface area contributed by atoms with E-state index in [1.54, 1.807) is 19.5 Å². The largest absolute Gasteiger partial charge is 0.481 e. The maximum absolute atomic E-state index is 10.7. The normalized spacial score (nSPS) is 10.7. The van der Waals surface area contributed by atoms with Crippen LogP contribution in [0.1, 0.15) is 0 Å². The van der Waals surface area contributed by atoms with Crippen LogP contribution in [0.3, 0.4) is 0 Å². The molecule has 2 heterocycles. The number of carboxylic acid groups (broad SMARTS) is 1.